The van der Waals surface area contributed by atoms with Crippen molar-refractivity contribution in [2.75, 3.05) is 18.4 Å². The smallest absolute Gasteiger partial charge is 0.257 e. The van der Waals surface area contributed by atoms with Crippen molar-refractivity contribution in [2.24, 2.45) is 0 Å². The molecule has 0 bridgehead atoms. The molecule has 1 fully saturated rings. The quantitative estimate of drug-likeness (QED) is 0.315. The number of fused-ring (bicyclic) bond motifs is 1. The molecule has 2 aromatic heterocycles. The molecule has 1 amide bonds. The molecule has 4 nitrogen and oxygen atoms in total. The van der Waals surface area contributed by atoms with Crippen molar-refractivity contribution in [3.63, 3.8) is 0 Å². The van der Waals surface area contributed by atoms with E-state index >= 15 is 0 Å². The third kappa shape index (κ3) is 4.62. The summed E-state index contributed by atoms with van der Waals surface area (Å²) in [5, 5.41) is 5.14. The van der Waals surface area contributed by atoms with Crippen LogP contribution in [0.25, 0.3) is 10.2 Å². The minimum Gasteiger partial charge on any atom is -0.379 e. The molecule has 0 unspecified atom stereocenters. The molecule has 5 rings (SSSR count). The molecule has 3 heterocycles. The number of anilines is 1. The van der Waals surface area contributed by atoms with Gasteiger partial charge in [0, 0.05) is 25.8 Å². The molecule has 1 aliphatic rings. The van der Waals surface area contributed by atoms with E-state index in [-0.39, 0.29) is 18.0 Å². The molecule has 0 atom stereocenters. The fraction of sp³-hybridized carbons (Fsp3) is 0.259. The minimum absolute atomic E-state index is 0.0283. The first-order valence-electron chi connectivity index (χ1n) is 11.5. The number of rotatable bonds is 5. The summed E-state index contributed by atoms with van der Waals surface area (Å²) in [7, 11) is 0. The van der Waals surface area contributed by atoms with Crippen molar-refractivity contribution >= 4 is 33.1 Å². The summed E-state index contributed by atoms with van der Waals surface area (Å²) in [6, 6.07) is 12.2. The van der Waals surface area contributed by atoms with Crippen molar-refractivity contribution in [1.29, 1.82) is 0 Å². The number of carbonyl (C=O) groups excluding carboxylic acids is 1. The van der Waals surface area contributed by atoms with Crippen LogP contribution in [0, 0.1) is 24.4 Å². The lowest BCUT2D eigenvalue weighted by Crippen LogP contribution is -2.38. The average Bonchev–Trinajstić information content (AvgIpc) is 3.26. The van der Waals surface area contributed by atoms with Gasteiger partial charge >= 0.3 is 0 Å². The number of halogens is 3. The number of nitrogens with one attached hydrogen (secondary N) is 1. The summed E-state index contributed by atoms with van der Waals surface area (Å²) in [5.74, 6) is -3.70. The Morgan fingerprint density at radius 3 is 2.49 bits per heavy atom. The van der Waals surface area contributed by atoms with E-state index in [0.29, 0.717) is 30.3 Å². The highest BCUT2D eigenvalue weighted by molar-refractivity contribution is 7.18. The third-order valence-corrected chi connectivity index (χ3v) is 7.66. The Hall–Kier alpha value is -3.39. The maximum atomic E-state index is 13.7. The first kappa shape index (κ1) is 23.4. The summed E-state index contributed by atoms with van der Waals surface area (Å²) in [6.07, 6.45) is 3.32. The Balaban J connectivity index is 1.40. The standard InChI is InChI=1S/C27H24F3N3OS/c1-16-15-35-26-24(16)32-14-20(25(26)31-13-17-11-21(28)23(30)22(29)12-17)27(34)33-9-7-19(8-10-33)18-5-3-2-4-6-18/h2-6,11-12,14-15,19H,7-10,13H2,1H3,(H,31,32). The van der Waals surface area contributed by atoms with Crippen molar-refractivity contribution in [2.45, 2.75) is 32.2 Å². The number of amides is 1. The number of pyridine rings is 1. The second-order valence-corrected chi connectivity index (χ2v) is 9.73. The van der Waals surface area contributed by atoms with Gasteiger partial charge in [0.25, 0.3) is 5.91 Å². The van der Waals surface area contributed by atoms with E-state index in [0.717, 1.165) is 40.8 Å². The molecular formula is C27H24F3N3OS. The highest BCUT2D eigenvalue weighted by Gasteiger charge is 2.27. The lowest BCUT2D eigenvalue weighted by molar-refractivity contribution is 0.0713. The van der Waals surface area contributed by atoms with Crippen molar-refractivity contribution in [3.8, 4) is 0 Å². The first-order valence-corrected chi connectivity index (χ1v) is 12.4. The van der Waals surface area contributed by atoms with Crippen LogP contribution in [-0.4, -0.2) is 28.9 Å². The number of hydrogen-bond donors (Lipinski definition) is 1. The van der Waals surface area contributed by atoms with Gasteiger partial charge in [-0.3, -0.25) is 9.78 Å². The number of thiophene rings is 1. The van der Waals surface area contributed by atoms with Crippen LogP contribution in [0.2, 0.25) is 0 Å². The monoisotopic (exact) mass is 495 g/mol. The summed E-state index contributed by atoms with van der Waals surface area (Å²) in [4.78, 5) is 19.9. The second kappa shape index (κ2) is 9.70. The number of aromatic nitrogens is 1. The molecule has 0 spiro atoms. The molecule has 1 saturated heterocycles. The van der Waals surface area contributed by atoms with Crippen LogP contribution in [-0.2, 0) is 6.54 Å². The van der Waals surface area contributed by atoms with Crippen LogP contribution >= 0.6 is 11.3 Å². The maximum Gasteiger partial charge on any atom is 0.257 e. The maximum absolute atomic E-state index is 13.7. The van der Waals surface area contributed by atoms with Gasteiger partial charge in [-0.25, -0.2) is 13.2 Å². The van der Waals surface area contributed by atoms with Crippen LogP contribution in [0.5, 0.6) is 0 Å². The van der Waals surface area contributed by atoms with Gasteiger partial charge in [0.05, 0.1) is 21.5 Å². The van der Waals surface area contributed by atoms with Gasteiger partial charge in [0.1, 0.15) is 0 Å². The Bertz CT molecular complexity index is 1360. The molecule has 0 aliphatic carbocycles. The highest BCUT2D eigenvalue weighted by Crippen LogP contribution is 2.35. The zero-order valence-electron chi connectivity index (χ0n) is 19.2. The van der Waals surface area contributed by atoms with E-state index in [9.17, 15) is 18.0 Å². The highest BCUT2D eigenvalue weighted by atomic mass is 32.1. The zero-order valence-corrected chi connectivity index (χ0v) is 20.0. The molecule has 35 heavy (non-hydrogen) atoms. The molecule has 1 N–H and O–H groups in total. The van der Waals surface area contributed by atoms with Gasteiger partial charge in [-0.15, -0.1) is 11.3 Å². The Morgan fingerprint density at radius 1 is 1.11 bits per heavy atom. The molecular weight excluding hydrogens is 471 g/mol. The van der Waals surface area contributed by atoms with Crippen molar-refractivity contribution in [3.05, 3.63) is 93.7 Å². The largest absolute Gasteiger partial charge is 0.379 e. The van der Waals surface area contributed by atoms with E-state index < -0.39 is 17.5 Å². The number of carbonyl (C=O) groups is 1. The van der Waals surface area contributed by atoms with Gasteiger partial charge in [0.2, 0.25) is 0 Å². The van der Waals surface area contributed by atoms with Gasteiger partial charge in [-0.1, -0.05) is 30.3 Å². The van der Waals surface area contributed by atoms with Crippen molar-refractivity contribution < 1.29 is 18.0 Å². The molecule has 0 radical (unpaired) electrons. The van der Waals surface area contributed by atoms with Gasteiger partial charge in [0.15, 0.2) is 17.5 Å². The van der Waals surface area contributed by atoms with E-state index in [1.54, 1.807) is 6.20 Å². The zero-order chi connectivity index (χ0) is 24.5. The van der Waals surface area contributed by atoms with Crippen LogP contribution in [0.15, 0.2) is 54.0 Å². The third-order valence-electron chi connectivity index (χ3n) is 6.56. The fourth-order valence-corrected chi connectivity index (χ4v) is 5.67. The van der Waals surface area contributed by atoms with Crippen LogP contribution < -0.4 is 5.32 Å². The van der Waals surface area contributed by atoms with Gasteiger partial charge < -0.3 is 10.2 Å². The molecule has 4 aromatic rings. The predicted octanol–water partition coefficient (Wildman–Crippen LogP) is 6.65. The average molecular weight is 496 g/mol. The first-order chi connectivity index (χ1) is 16.9. The number of hydrogen-bond acceptors (Lipinski definition) is 4. The van der Waals surface area contributed by atoms with Gasteiger partial charge in [-0.05, 0) is 59.9 Å². The molecule has 8 heteroatoms. The van der Waals surface area contributed by atoms with E-state index in [1.807, 2.05) is 35.4 Å². The Morgan fingerprint density at radius 2 is 1.80 bits per heavy atom. The van der Waals surface area contributed by atoms with Gasteiger partial charge in [-0.2, -0.15) is 0 Å². The lowest BCUT2D eigenvalue weighted by atomic mass is 9.89. The number of aryl methyl sites for hydroxylation is 1. The topological polar surface area (TPSA) is 45.2 Å². The number of benzene rings is 2. The number of nitrogens with zero attached hydrogens (tertiary/aromatic N) is 2. The normalized spacial score (nSPS) is 14.5. The minimum atomic E-state index is -1.50. The van der Waals surface area contributed by atoms with Crippen LogP contribution in [0.4, 0.5) is 18.9 Å². The fourth-order valence-electron chi connectivity index (χ4n) is 4.64. The van der Waals surface area contributed by atoms with E-state index in [4.69, 9.17) is 0 Å². The molecule has 180 valence electrons. The van der Waals surface area contributed by atoms with E-state index in [2.05, 4.69) is 22.4 Å². The molecule has 2 aromatic carbocycles. The summed E-state index contributed by atoms with van der Waals surface area (Å²) >= 11 is 1.46. The Kier molecular flexibility index (Phi) is 6.47. The lowest BCUT2D eigenvalue weighted by Gasteiger charge is -2.32. The van der Waals surface area contributed by atoms with Crippen LogP contribution in [0.3, 0.4) is 0 Å². The van der Waals surface area contributed by atoms with Crippen molar-refractivity contribution in [1.82, 2.24) is 9.88 Å². The SMILES string of the molecule is Cc1csc2c(NCc3cc(F)c(F)c(F)c3)c(C(=O)N3CCC(c4ccccc4)CC3)cnc12. The predicted molar refractivity (Wildman–Crippen MR) is 132 cm³/mol. The summed E-state index contributed by atoms with van der Waals surface area (Å²) in [5.41, 5.74) is 4.27. The second-order valence-electron chi connectivity index (χ2n) is 8.85. The summed E-state index contributed by atoms with van der Waals surface area (Å²) in [6.45, 7) is 3.23. The number of piperidine rings is 1. The van der Waals surface area contributed by atoms with Crippen LogP contribution in [0.1, 0.15) is 45.8 Å². The summed E-state index contributed by atoms with van der Waals surface area (Å²) < 4.78 is 41.6. The Labute approximate surface area is 205 Å². The molecule has 1 aliphatic heterocycles. The number of likely N-dealkylation sites (tertiary alicyclic amines) is 1. The van der Waals surface area contributed by atoms with E-state index in [1.165, 1.54) is 16.9 Å². The molecule has 0 saturated carbocycles.